The Kier molecular flexibility index (Phi) is 2.86. The van der Waals surface area contributed by atoms with Crippen LogP contribution in [-0.2, 0) is 4.74 Å². The Morgan fingerprint density at radius 1 is 1.31 bits per heavy atom. The first-order valence-corrected chi connectivity index (χ1v) is 6.12. The molecule has 0 aromatic rings. The zero-order chi connectivity index (χ0) is 11.9. The molecule has 0 spiro atoms. The zero-order valence-corrected chi connectivity index (χ0v) is 10.3. The van der Waals surface area contributed by atoms with Crippen molar-refractivity contribution in [1.29, 1.82) is 0 Å². The molecule has 4 atom stereocenters. The van der Waals surface area contributed by atoms with Crippen LogP contribution in [-0.4, -0.2) is 23.8 Å². The molecule has 4 heteroatoms. The van der Waals surface area contributed by atoms with Crippen molar-refractivity contribution in [2.75, 3.05) is 0 Å². The van der Waals surface area contributed by atoms with E-state index in [4.69, 9.17) is 10.5 Å². The summed E-state index contributed by atoms with van der Waals surface area (Å²) in [7, 11) is 0. The molecule has 0 aromatic carbocycles. The van der Waals surface area contributed by atoms with Crippen molar-refractivity contribution < 1.29 is 9.53 Å². The fraction of sp³-hybridized carbons (Fsp3) is 0.917. The van der Waals surface area contributed by atoms with Crippen molar-refractivity contribution in [3.63, 3.8) is 0 Å². The number of carbonyl (C=O) groups is 1. The minimum Gasteiger partial charge on any atom is -0.444 e. The molecule has 2 bridgehead atoms. The van der Waals surface area contributed by atoms with Crippen LogP contribution >= 0.6 is 0 Å². The minimum atomic E-state index is -0.439. The van der Waals surface area contributed by atoms with Gasteiger partial charge in [-0.05, 0) is 51.9 Å². The summed E-state index contributed by atoms with van der Waals surface area (Å²) in [5.41, 5.74) is 5.67. The van der Waals surface area contributed by atoms with Crippen LogP contribution in [0.5, 0.6) is 0 Å². The number of fused-ring (bicyclic) bond motifs is 2. The second kappa shape index (κ2) is 3.91. The van der Waals surface area contributed by atoms with E-state index in [1.165, 1.54) is 19.3 Å². The Balaban J connectivity index is 1.88. The average molecular weight is 226 g/mol. The normalized spacial score (nSPS) is 37.5. The van der Waals surface area contributed by atoms with Crippen LogP contribution in [0.1, 0.15) is 40.0 Å². The smallest absolute Gasteiger partial charge is 0.407 e. The molecule has 2 rings (SSSR count). The maximum atomic E-state index is 11.6. The largest absolute Gasteiger partial charge is 0.444 e. The number of rotatable bonds is 1. The van der Waals surface area contributed by atoms with E-state index in [0.29, 0.717) is 11.8 Å². The first kappa shape index (κ1) is 11.7. The van der Waals surface area contributed by atoms with Crippen LogP contribution in [0.4, 0.5) is 4.79 Å². The molecule has 2 fully saturated rings. The summed E-state index contributed by atoms with van der Waals surface area (Å²) in [5, 5.41) is 2.93. The highest BCUT2D eigenvalue weighted by atomic mass is 16.6. The van der Waals surface area contributed by atoms with E-state index in [0.717, 1.165) is 0 Å². The lowest BCUT2D eigenvalue weighted by Gasteiger charge is -2.30. The van der Waals surface area contributed by atoms with Crippen molar-refractivity contribution in [2.24, 2.45) is 17.6 Å². The van der Waals surface area contributed by atoms with Crippen LogP contribution in [0.25, 0.3) is 0 Å². The van der Waals surface area contributed by atoms with Gasteiger partial charge in [-0.1, -0.05) is 0 Å². The maximum absolute atomic E-state index is 11.6. The van der Waals surface area contributed by atoms with Gasteiger partial charge in [0.1, 0.15) is 5.60 Å². The molecule has 3 N–H and O–H groups in total. The number of hydrogen-bond acceptors (Lipinski definition) is 3. The molecule has 0 aromatic heterocycles. The molecule has 2 aliphatic rings. The number of ether oxygens (including phenoxy) is 1. The molecule has 0 heterocycles. The van der Waals surface area contributed by atoms with Crippen molar-refractivity contribution in [3.8, 4) is 0 Å². The zero-order valence-electron chi connectivity index (χ0n) is 10.3. The first-order valence-electron chi connectivity index (χ1n) is 6.12. The number of hydrogen-bond donors (Lipinski definition) is 2. The van der Waals surface area contributed by atoms with Gasteiger partial charge in [-0.25, -0.2) is 4.79 Å². The van der Waals surface area contributed by atoms with Gasteiger partial charge in [-0.2, -0.15) is 0 Å². The predicted molar refractivity (Wildman–Crippen MR) is 62.0 cm³/mol. The third-order valence-corrected chi connectivity index (χ3v) is 3.66. The Morgan fingerprint density at radius 2 is 1.94 bits per heavy atom. The minimum absolute atomic E-state index is 0.117. The van der Waals surface area contributed by atoms with Crippen LogP contribution in [0, 0.1) is 11.8 Å². The van der Waals surface area contributed by atoms with Crippen molar-refractivity contribution >= 4 is 6.09 Å². The lowest BCUT2D eigenvalue weighted by molar-refractivity contribution is 0.0480. The van der Waals surface area contributed by atoms with Gasteiger partial charge in [0.25, 0.3) is 0 Å². The van der Waals surface area contributed by atoms with E-state index in [1.807, 2.05) is 20.8 Å². The van der Waals surface area contributed by atoms with Crippen molar-refractivity contribution in [3.05, 3.63) is 0 Å². The predicted octanol–water partition coefficient (Wildman–Crippen LogP) is 1.64. The van der Waals surface area contributed by atoms with Gasteiger partial charge >= 0.3 is 6.09 Å². The number of nitrogens with one attached hydrogen (secondary N) is 1. The molecule has 2 aliphatic carbocycles. The number of amides is 1. The lowest BCUT2D eigenvalue weighted by atomic mass is 9.91. The van der Waals surface area contributed by atoms with Gasteiger partial charge in [0.05, 0.1) is 6.04 Å². The Morgan fingerprint density at radius 3 is 2.44 bits per heavy atom. The molecule has 16 heavy (non-hydrogen) atoms. The van der Waals surface area contributed by atoms with E-state index in [1.54, 1.807) is 0 Å². The van der Waals surface area contributed by atoms with E-state index in [2.05, 4.69) is 5.32 Å². The molecule has 4 nitrogen and oxygen atoms in total. The van der Waals surface area contributed by atoms with Crippen LogP contribution in [0.3, 0.4) is 0 Å². The van der Waals surface area contributed by atoms with E-state index >= 15 is 0 Å². The van der Waals surface area contributed by atoms with E-state index in [-0.39, 0.29) is 18.2 Å². The molecule has 0 aliphatic heterocycles. The second-order valence-corrected chi connectivity index (χ2v) is 6.08. The third kappa shape index (κ3) is 2.32. The van der Waals surface area contributed by atoms with Gasteiger partial charge in [0.2, 0.25) is 0 Å². The number of carbonyl (C=O) groups excluding carboxylic acids is 1. The Bertz CT molecular complexity index is 283. The molecule has 2 unspecified atom stereocenters. The summed E-state index contributed by atoms with van der Waals surface area (Å²) in [6.07, 6.45) is 3.25. The Labute approximate surface area is 96.9 Å². The number of alkyl carbamates (subject to hydrolysis) is 1. The summed E-state index contributed by atoms with van der Waals surface area (Å²) in [5.74, 6) is 1.16. The summed E-state index contributed by atoms with van der Waals surface area (Å²) in [4.78, 5) is 11.6. The molecular weight excluding hydrogens is 204 g/mol. The van der Waals surface area contributed by atoms with E-state index in [9.17, 15) is 4.79 Å². The van der Waals surface area contributed by atoms with E-state index < -0.39 is 5.60 Å². The molecule has 1 amide bonds. The highest BCUT2D eigenvalue weighted by Crippen LogP contribution is 2.43. The average Bonchev–Trinajstić information content (AvgIpc) is 2.66. The first-order chi connectivity index (χ1) is 7.37. The molecule has 0 saturated heterocycles. The maximum Gasteiger partial charge on any atom is 0.407 e. The summed E-state index contributed by atoms with van der Waals surface area (Å²) in [6, 6.07) is 0.236. The highest BCUT2D eigenvalue weighted by molar-refractivity contribution is 5.68. The summed E-state index contributed by atoms with van der Waals surface area (Å²) in [6.45, 7) is 5.61. The monoisotopic (exact) mass is 226 g/mol. The third-order valence-electron chi connectivity index (χ3n) is 3.66. The van der Waals surface area contributed by atoms with Crippen LogP contribution < -0.4 is 11.1 Å². The van der Waals surface area contributed by atoms with Gasteiger partial charge < -0.3 is 15.8 Å². The van der Waals surface area contributed by atoms with Crippen molar-refractivity contribution in [1.82, 2.24) is 5.32 Å². The second-order valence-electron chi connectivity index (χ2n) is 6.08. The standard InChI is InChI=1S/C12H22N2O2/c1-12(2,3)16-11(15)14-10-8-5-4-7(6-8)9(10)13/h7-10H,4-6,13H2,1-3H3,(H,14,15)/t7?,8?,9-,10-/m1/s1. The fourth-order valence-electron chi connectivity index (χ4n) is 2.99. The van der Waals surface area contributed by atoms with Gasteiger partial charge in [0.15, 0.2) is 0 Å². The van der Waals surface area contributed by atoms with Crippen LogP contribution in [0.15, 0.2) is 0 Å². The van der Waals surface area contributed by atoms with Crippen LogP contribution in [0.2, 0.25) is 0 Å². The molecular formula is C12H22N2O2. The highest BCUT2D eigenvalue weighted by Gasteiger charge is 2.46. The molecule has 0 radical (unpaired) electrons. The lowest BCUT2D eigenvalue weighted by Crippen LogP contribution is -2.52. The van der Waals surface area contributed by atoms with Gasteiger partial charge in [-0.3, -0.25) is 0 Å². The fourth-order valence-corrected chi connectivity index (χ4v) is 2.99. The van der Waals surface area contributed by atoms with Gasteiger partial charge in [0, 0.05) is 6.04 Å². The topological polar surface area (TPSA) is 64.3 Å². The SMILES string of the molecule is CC(C)(C)OC(=O)N[C@@H]1C2CCC(C2)[C@H]1N. The number of nitrogens with two attached hydrogens (primary N) is 1. The Hall–Kier alpha value is -0.770. The van der Waals surface area contributed by atoms with Crippen molar-refractivity contribution in [2.45, 2.75) is 57.7 Å². The summed E-state index contributed by atoms with van der Waals surface area (Å²) < 4.78 is 5.25. The molecule has 2 saturated carbocycles. The van der Waals surface area contributed by atoms with Gasteiger partial charge in [-0.15, -0.1) is 0 Å². The summed E-state index contributed by atoms with van der Waals surface area (Å²) >= 11 is 0. The molecule has 92 valence electrons. The quantitative estimate of drug-likeness (QED) is 0.714.